The molecule has 0 spiro atoms. The zero-order valence-corrected chi connectivity index (χ0v) is 21.2. The minimum absolute atomic E-state index is 0.129. The summed E-state index contributed by atoms with van der Waals surface area (Å²) in [5, 5.41) is 9.50. The van der Waals surface area contributed by atoms with E-state index in [0.29, 0.717) is 17.1 Å². The molecule has 6 nitrogen and oxygen atoms in total. The zero-order valence-electron chi connectivity index (χ0n) is 20.5. The predicted molar refractivity (Wildman–Crippen MR) is 144 cm³/mol. The molecule has 186 valence electrons. The van der Waals surface area contributed by atoms with E-state index in [1.165, 1.54) is 24.8 Å². The van der Waals surface area contributed by atoms with Crippen molar-refractivity contribution in [2.45, 2.75) is 38.4 Å². The lowest BCUT2D eigenvalue weighted by molar-refractivity contribution is 0.0951. The summed E-state index contributed by atoms with van der Waals surface area (Å²) in [7, 11) is 1.69. The zero-order chi connectivity index (χ0) is 24.9. The maximum atomic E-state index is 12.8. The first-order valence-corrected chi connectivity index (χ1v) is 12.8. The Labute approximate surface area is 216 Å². The molecule has 0 aliphatic carbocycles. The van der Waals surface area contributed by atoms with Crippen LogP contribution in [-0.4, -0.2) is 40.8 Å². The fourth-order valence-electron chi connectivity index (χ4n) is 4.90. The van der Waals surface area contributed by atoms with Gasteiger partial charge in [-0.25, -0.2) is 0 Å². The monoisotopic (exact) mass is 502 g/mol. The number of methoxy groups -OCH3 is 1. The van der Waals surface area contributed by atoms with Gasteiger partial charge in [-0.05, 0) is 73.5 Å². The molecule has 0 bridgehead atoms. The number of hydrogen-bond acceptors (Lipinski definition) is 4. The van der Waals surface area contributed by atoms with Gasteiger partial charge in [0.25, 0.3) is 5.91 Å². The third kappa shape index (κ3) is 5.72. The Hall–Kier alpha value is -3.35. The van der Waals surface area contributed by atoms with Crippen molar-refractivity contribution in [3.05, 3.63) is 94.6 Å². The highest BCUT2D eigenvalue weighted by molar-refractivity contribution is 6.30. The van der Waals surface area contributed by atoms with E-state index in [2.05, 4.69) is 28.5 Å². The van der Waals surface area contributed by atoms with E-state index in [0.717, 1.165) is 41.9 Å². The molecule has 1 N–H and O–H groups in total. The van der Waals surface area contributed by atoms with Gasteiger partial charge in [0, 0.05) is 28.7 Å². The van der Waals surface area contributed by atoms with Crippen molar-refractivity contribution in [3.63, 3.8) is 0 Å². The van der Waals surface area contributed by atoms with Gasteiger partial charge in [0.1, 0.15) is 5.75 Å². The van der Waals surface area contributed by atoms with E-state index >= 15 is 0 Å². The number of carbonyl (C=O) groups is 1. The van der Waals surface area contributed by atoms with Crippen LogP contribution in [0.25, 0.3) is 10.9 Å². The molecule has 0 radical (unpaired) electrons. The molecule has 1 aliphatic heterocycles. The van der Waals surface area contributed by atoms with Gasteiger partial charge < -0.3 is 10.1 Å². The summed E-state index contributed by atoms with van der Waals surface area (Å²) in [5.41, 5.74) is 3.64. The number of aromatic nitrogens is 2. The van der Waals surface area contributed by atoms with Gasteiger partial charge in [0.2, 0.25) is 0 Å². The Balaban J connectivity index is 1.33. The number of carbonyl (C=O) groups excluding carboxylic acids is 1. The minimum atomic E-state index is -0.129. The van der Waals surface area contributed by atoms with Crippen LogP contribution in [0, 0.1) is 0 Å². The van der Waals surface area contributed by atoms with Crippen molar-refractivity contribution in [2.24, 2.45) is 0 Å². The summed E-state index contributed by atoms with van der Waals surface area (Å²) in [6, 6.07) is 21.8. The van der Waals surface area contributed by atoms with E-state index in [-0.39, 0.29) is 11.9 Å². The largest absolute Gasteiger partial charge is 0.497 e. The number of rotatable bonds is 8. The normalized spacial score (nSPS) is 15.1. The van der Waals surface area contributed by atoms with Crippen molar-refractivity contribution in [2.75, 3.05) is 20.2 Å². The lowest BCUT2D eigenvalue weighted by Gasteiger charge is -2.35. The van der Waals surface area contributed by atoms with Crippen molar-refractivity contribution < 1.29 is 9.53 Å². The molecule has 3 aromatic carbocycles. The first kappa shape index (κ1) is 24.3. The van der Waals surface area contributed by atoms with Crippen molar-refractivity contribution in [1.82, 2.24) is 20.0 Å². The van der Waals surface area contributed by atoms with Crippen LogP contribution in [0.5, 0.6) is 5.75 Å². The van der Waals surface area contributed by atoms with Gasteiger partial charge in [-0.15, -0.1) is 0 Å². The molecule has 1 unspecified atom stereocenters. The van der Waals surface area contributed by atoms with Gasteiger partial charge in [0.15, 0.2) is 0 Å². The quantitative estimate of drug-likeness (QED) is 0.328. The van der Waals surface area contributed by atoms with E-state index in [9.17, 15) is 4.79 Å². The van der Waals surface area contributed by atoms with Crippen LogP contribution in [0.15, 0.2) is 72.9 Å². The number of piperidine rings is 1. The molecule has 4 aromatic rings. The van der Waals surface area contributed by atoms with Crippen LogP contribution in [0.2, 0.25) is 5.02 Å². The SMILES string of the molecule is COc1ccc(C(Cn2cc3ccc(C(=O)NCc4cccc(Cl)c4)cc3n2)N2CCCCC2)cc1. The Morgan fingerprint density at radius 2 is 1.86 bits per heavy atom. The number of halogens is 1. The fraction of sp³-hybridized carbons (Fsp3) is 0.310. The van der Waals surface area contributed by atoms with Gasteiger partial charge in [-0.3, -0.25) is 14.4 Å². The lowest BCUT2D eigenvalue weighted by Crippen LogP contribution is -2.36. The molecule has 5 rings (SSSR count). The number of benzene rings is 3. The number of amides is 1. The Morgan fingerprint density at radius 3 is 2.61 bits per heavy atom. The van der Waals surface area contributed by atoms with Gasteiger partial charge in [0.05, 0.1) is 25.2 Å². The summed E-state index contributed by atoms with van der Waals surface area (Å²) >= 11 is 6.05. The van der Waals surface area contributed by atoms with Crippen LogP contribution in [-0.2, 0) is 13.1 Å². The lowest BCUT2D eigenvalue weighted by atomic mass is 10.0. The van der Waals surface area contributed by atoms with E-state index in [1.807, 2.05) is 59.3 Å². The third-order valence-electron chi connectivity index (χ3n) is 6.85. The standard InChI is InChI=1S/C29H31ClN4O2/c1-36-26-12-10-22(11-13-26)28(33-14-3-2-4-15-33)20-34-19-24-9-8-23(17-27(24)32-34)29(35)31-18-21-6-5-7-25(30)16-21/h5-13,16-17,19,28H,2-4,14-15,18,20H2,1H3,(H,31,35). The number of ether oxygens (including phenoxy) is 1. The smallest absolute Gasteiger partial charge is 0.251 e. The Bertz CT molecular complexity index is 1330. The first-order valence-electron chi connectivity index (χ1n) is 12.5. The predicted octanol–water partition coefficient (Wildman–Crippen LogP) is 5.86. The first-order chi connectivity index (χ1) is 17.6. The van der Waals surface area contributed by atoms with E-state index in [1.54, 1.807) is 7.11 Å². The van der Waals surface area contributed by atoms with Gasteiger partial charge in [-0.2, -0.15) is 5.10 Å². The van der Waals surface area contributed by atoms with Crippen LogP contribution in [0.4, 0.5) is 0 Å². The highest BCUT2D eigenvalue weighted by Crippen LogP contribution is 2.28. The molecule has 1 atom stereocenters. The van der Waals surface area contributed by atoms with Crippen molar-refractivity contribution >= 4 is 28.4 Å². The molecule has 1 amide bonds. The molecule has 7 heteroatoms. The van der Waals surface area contributed by atoms with Crippen LogP contribution in [0.1, 0.15) is 46.8 Å². The summed E-state index contributed by atoms with van der Waals surface area (Å²) in [6.07, 6.45) is 5.81. The Kier molecular flexibility index (Phi) is 7.54. The Morgan fingerprint density at radius 1 is 1.06 bits per heavy atom. The second kappa shape index (κ2) is 11.1. The molecule has 0 saturated carbocycles. The second-order valence-electron chi connectivity index (χ2n) is 9.32. The number of hydrogen-bond donors (Lipinski definition) is 1. The maximum absolute atomic E-state index is 12.8. The average molecular weight is 503 g/mol. The number of fused-ring (bicyclic) bond motifs is 1. The summed E-state index contributed by atoms with van der Waals surface area (Å²) in [5.74, 6) is 0.734. The van der Waals surface area contributed by atoms with Crippen molar-refractivity contribution in [1.29, 1.82) is 0 Å². The second-order valence-corrected chi connectivity index (χ2v) is 9.76. The molecule has 1 aliphatic rings. The molecule has 36 heavy (non-hydrogen) atoms. The number of nitrogens with one attached hydrogen (secondary N) is 1. The van der Waals surface area contributed by atoms with Gasteiger partial charge >= 0.3 is 0 Å². The topological polar surface area (TPSA) is 59.4 Å². The number of nitrogens with zero attached hydrogens (tertiary/aromatic N) is 3. The van der Waals surface area contributed by atoms with Gasteiger partial charge in [-0.1, -0.05) is 48.4 Å². The van der Waals surface area contributed by atoms with Crippen LogP contribution in [0.3, 0.4) is 0 Å². The average Bonchev–Trinajstić information content (AvgIpc) is 3.33. The molecule has 1 aromatic heterocycles. The summed E-state index contributed by atoms with van der Waals surface area (Å²) < 4.78 is 7.38. The minimum Gasteiger partial charge on any atom is -0.497 e. The molecular weight excluding hydrogens is 472 g/mol. The summed E-state index contributed by atoms with van der Waals surface area (Å²) in [4.78, 5) is 15.3. The summed E-state index contributed by atoms with van der Waals surface area (Å²) in [6.45, 7) is 3.35. The maximum Gasteiger partial charge on any atom is 0.251 e. The fourth-order valence-corrected chi connectivity index (χ4v) is 5.11. The van der Waals surface area contributed by atoms with Crippen molar-refractivity contribution in [3.8, 4) is 5.75 Å². The van der Waals surface area contributed by atoms with E-state index < -0.39 is 0 Å². The third-order valence-corrected chi connectivity index (χ3v) is 7.09. The molecule has 2 heterocycles. The molecule has 1 saturated heterocycles. The molecule has 1 fully saturated rings. The molecular formula is C29H31ClN4O2. The highest BCUT2D eigenvalue weighted by atomic mass is 35.5. The highest BCUT2D eigenvalue weighted by Gasteiger charge is 2.23. The van der Waals surface area contributed by atoms with Crippen LogP contribution < -0.4 is 10.1 Å². The number of likely N-dealkylation sites (tertiary alicyclic amines) is 1. The van der Waals surface area contributed by atoms with E-state index in [4.69, 9.17) is 21.4 Å². The van der Waals surface area contributed by atoms with Crippen LogP contribution >= 0.6 is 11.6 Å².